The quantitative estimate of drug-likeness (QED) is 0.591. The topological polar surface area (TPSA) is 52.3 Å². The molecular weight excluding hydrogens is 142 g/mol. The number of nitrogens with two attached hydrogens (primary N) is 1. The molecule has 2 aliphatic rings. The van der Waals surface area contributed by atoms with E-state index < -0.39 is 0 Å². The SMILES string of the molecule is NC(=O)C12CCC(COC1)C2. The summed E-state index contributed by atoms with van der Waals surface area (Å²) in [4.78, 5) is 11.1. The number of hydrogen-bond donors (Lipinski definition) is 1. The number of fused-ring (bicyclic) bond motifs is 2. The first-order valence-corrected chi connectivity index (χ1v) is 4.11. The van der Waals surface area contributed by atoms with Crippen LogP contribution in [0, 0.1) is 11.3 Å². The third-order valence-electron chi connectivity index (χ3n) is 2.97. The van der Waals surface area contributed by atoms with Crippen molar-refractivity contribution in [1.29, 1.82) is 0 Å². The second-order valence-electron chi connectivity index (χ2n) is 3.77. The highest BCUT2D eigenvalue weighted by Gasteiger charge is 2.47. The Bertz CT molecular complexity index is 189. The van der Waals surface area contributed by atoms with Gasteiger partial charge in [-0.05, 0) is 25.2 Å². The van der Waals surface area contributed by atoms with Crippen molar-refractivity contribution in [1.82, 2.24) is 0 Å². The summed E-state index contributed by atoms with van der Waals surface area (Å²) in [6.07, 6.45) is 3.01. The summed E-state index contributed by atoms with van der Waals surface area (Å²) in [5.74, 6) is 0.427. The first kappa shape index (κ1) is 7.10. The lowest BCUT2D eigenvalue weighted by Crippen LogP contribution is -2.41. The van der Waals surface area contributed by atoms with Crippen molar-refractivity contribution in [3.05, 3.63) is 0 Å². The summed E-state index contributed by atoms with van der Waals surface area (Å²) in [5.41, 5.74) is 5.03. The van der Waals surface area contributed by atoms with Gasteiger partial charge in [0.05, 0.1) is 12.0 Å². The van der Waals surface area contributed by atoms with E-state index in [1.54, 1.807) is 0 Å². The Morgan fingerprint density at radius 2 is 2.45 bits per heavy atom. The van der Waals surface area contributed by atoms with Crippen LogP contribution in [0.1, 0.15) is 19.3 Å². The van der Waals surface area contributed by atoms with Crippen LogP contribution >= 0.6 is 0 Å². The molecule has 2 N–H and O–H groups in total. The molecule has 1 amide bonds. The molecule has 2 bridgehead atoms. The van der Waals surface area contributed by atoms with E-state index in [0.717, 1.165) is 25.9 Å². The molecule has 0 spiro atoms. The van der Waals surface area contributed by atoms with E-state index in [4.69, 9.17) is 10.5 Å². The van der Waals surface area contributed by atoms with E-state index in [1.165, 1.54) is 0 Å². The monoisotopic (exact) mass is 155 g/mol. The fraction of sp³-hybridized carbons (Fsp3) is 0.875. The maximum absolute atomic E-state index is 11.1. The Labute approximate surface area is 65.9 Å². The smallest absolute Gasteiger partial charge is 0.225 e. The average molecular weight is 155 g/mol. The van der Waals surface area contributed by atoms with Gasteiger partial charge < -0.3 is 10.5 Å². The van der Waals surface area contributed by atoms with Crippen LogP contribution in [0.2, 0.25) is 0 Å². The highest BCUT2D eigenvalue weighted by atomic mass is 16.5. The number of amides is 1. The molecule has 1 aliphatic heterocycles. The Morgan fingerprint density at radius 1 is 1.64 bits per heavy atom. The van der Waals surface area contributed by atoms with E-state index in [-0.39, 0.29) is 11.3 Å². The summed E-state index contributed by atoms with van der Waals surface area (Å²) < 4.78 is 5.32. The van der Waals surface area contributed by atoms with E-state index >= 15 is 0 Å². The molecule has 2 rings (SSSR count). The van der Waals surface area contributed by atoms with Crippen LogP contribution in [0.5, 0.6) is 0 Å². The van der Waals surface area contributed by atoms with Crippen molar-refractivity contribution in [2.75, 3.05) is 13.2 Å². The van der Waals surface area contributed by atoms with Gasteiger partial charge in [0, 0.05) is 6.61 Å². The molecule has 3 heteroatoms. The predicted octanol–water partition coefficient (Wildman–Crippen LogP) is 0.288. The standard InChI is InChI=1S/C8H13NO2/c9-7(10)8-2-1-6(3-8)4-11-5-8/h6H,1-5H2,(H2,9,10). The molecule has 2 fully saturated rings. The van der Waals surface area contributed by atoms with Crippen molar-refractivity contribution in [3.8, 4) is 0 Å². The van der Waals surface area contributed by atoms with Crippen molar-refractivity contribution in [3.63, 3.8) is 0 Å². The van der Waals surface area contributed by atoms with Crippen LogP contribution in [0.3, 0.4) is 0 Å². The lowest BCUT2D eigenvalue weighted by atomic mass is 9.84. The van der Waals surface area contributed by atoms with Gasteiger partial charge in [-0.1, -0.05) is 0 Å². The van der Waals surface area contributed by atoms with Crippen LogP contribution in [-0.2, 0) is 9.53 Å². The number of carbonyl (C=O) groups excluding carboxylic acids is 1. The molecular formula is C8H13NO2. The Kier molecular flexibility index (Phi) is 1.42. The van der Waals surface area contributed by atoms with Crippen molar-refractivity contribution < 1.29 is 9.53 Å². The number of primary amides is 1. The number of ether oxygens (including phenoxy) is 1. The van der Waals surface area contributed by atoms with Gasteiger partial charge in [0.15, 0.2) is 0 Å². The maximum atomic E-state index is 11.1. The van der Waals surface area contributed by atoms with Crippen molar-refractivity contribution in [2.24, 2.45) is 17.1 Å². The number of carbonyl (C=O) groups is 1. The molecule has 1 aliphatic carbocycles. The van der Waals surface area contributed by atoms with Crippen LogP contribution in [0.15, 0.2) is 0 Å². The summed E-state index contributed by atoms with van der Waals surface area (Å²) >= 11 is 0. The number of rotatable bonds is 1. The Hall–Kier alpha value is -0.570. The Morgan fingerprint density at radius 3 is 3.09 bits per heavy atom. The second-order valence-corrected chi connectivity index (χ2v) is 3.77. The summed E-state index contributed by atoms with van der Waals surface area (Å²) in [5, 5.41) is 0. The molecule has 1 saturated carbocycles. The largest absolute Gasteiger partial charge is 0.380 e. The minimum atomic E-state index is -0.289. The second kappa shape index (κ2) is 2.21. The zero-order valence-electron chi connectivity index (χ0n) is 6.51. The van der Waals surface area contributed by atoms with Crippen LogP contribution in [-0.4, -0.2) is 19.1 Å². The van der Waals surface area contributed by atoms with Crippen LogP contribution < -0.4 is 5.73 Å². The molecule has 0 aromatic rings. The number of hydrogen-bond acceptors (Lipinski definition) is 2. The molecule has 1 saturated heterocycles. The lowest BCUT2D eigenvalue weighted by Gasteiger charge is -2.29. The van der Waals surface area contributed by atoms with Gasteiger partial charge in [-0.15, -0.1) is 0 Å². The molecule has 2 unspecified atom stereocenters. The normalized spacial score (nSPS) is 42.4. The molecule has 0 aromatic carbocycles. The van der Waals surface area contributed by atoms with E-state index in [1.807, 2.05) is 0 Å². The maximum Gasteiger partial charge on any atom is 0.225 e. The first-order valence-electron chi connectivity index (χ1n) is 4.11. The minimum absolute atomic E-state index is 0.167. The van der Waals surface area contributed by atoms with Crippen molar-refractivity contribution in [2.45, 2.75) is 19.3 Å². The van der Waals surface area contributed by atoms with Crippen LogP contribution in [0.25, 0.3) is 0 Å². The fourth-order valence-corrected chi connectivity index (χ4v) is 2.23. The van der Waals surface area contributed by atoms with Gasteiger partial charge in [-0.3, -0.25) is 4.79 Å². The van der Waals surface area contributed by atoms with E-state index in [9.17, 15) is 4.79 Å². The highest BCUT2D eigenvalue weighted by Crippen LogP contribution is 2.45. The summed E-state index contributed by atoms with van der Waals surface area (Å²) in [6, 6.07) is 0. The third kappa shape index (κ3) is 0.948. The molecule has 11 heavy (non-hydrogen) atoms. The molecule has 1 heterocycles. The minimum Gasteiger partial charge on any atom is -0.380 e. The molecule has 62 valence electrons. The highest BCUT2D eigenvalue weighted by molar-refractivity contribution is 5.81. The zero-order valence-corrected chi connectivity index (χ0v) is 6.51. The van der Waals surface area contributed by atoms with E-state index in [2.05, 4.69) is 0 Å². The van der Waals surface area contributed by atoms with Gasteiger partial charge in [0.25, 0.3) is 0 Å². The third-order valence-corrected chi connectivity index (χ3v) is 2.97. The predicted molar refractivity (Wildman–Crippen MR) is 39.8 cm³/mol. The van der Waals surface area contributed by atoms with Crippen LogP contribution in [0.4, 0.5) is 0 Å². The summed E-state index contributed by atoms with van der Waals surface area (Å²) in [7, 11) is 0. The van der Waals surface area contributed by atoms with Crippen molar-refractivity contribution >= 4 is 5.91 Å². The van der Waals surface area contributed by atoms with Gasteiger partial charge in [-0.25, -0.2) is 0 Å². The Balaban J connectivity index is 2.19. The van der Waals surface area contributed by atoms with Gasteiger partial charge >= 0.3 is 0 Å². The van der Waals surface area contributed by atoms with E-state index in [0.29, 0.717) is 12.5 Å². The lowest BCUT2D eigenvalue weighted by molar-refractivity contribution is -0.134. The molecule has 0 radical (unpaired) electrons. The molecule has 3 nitrogen and oxygen atoms in total. The molecule has 2 atom stereocenters. The van der Waals surface area contributed by atoms with Gasteiger partial charge in [-0.2, -0.15) is 0 Å². The summed E-state index contributed by atoms with van der Waals surface area (Å²) in [6.45, 7) is 1.38. The van der Waals surface area contributed by atoms with Gasteiger partial charge in [0.2, 0.25) is 5.91 Å². The molecule has 0 aromatic heterocycles. The average Bonchev–Trinajstić information content (AvgIpc) is 2.29. The fourth-order valence-electron chi connectivity index (χ4n) is 2.23. The zero-order chi connectivity index (χ0) is 7.90. The first-order chi connectivity index (χ1) is 5.23. The van der Waals surface area contributed by atoms with Gasteiger partial charge in [0.1, 0.15) is 0 Å².